The van der Waals surface area contributed by atoms with Crippen LogP contribution in [0, 0.1) is 22.2 Å². The van der Waals surface area contributed by atoms with E-state index in [1.54, 1.807) is 7.11 Å². The Hall–Kier alpha value is -1.08. The maximum Gasteiger partial charge on any atom is 0.240 e. The van der Waals surface area contributed by atoms with Gasteiger partial charge in [-0.3, -0.25) is 4.79 Å². The molecule has 0 atom stereocenters. The smallest absolute Gasteiger partial charge is 0.240 e. The fourth-order valence-electron chi connectivity index (χ4n) is 2.50. The first-order valence-electron chi connectivity index (χ1n) is 7.14. The van der Waals surface area contributed by atoms with E-state index >= 15 is 0 Å². The summed E-state index contributed by atoms with van der Waals surface area (Å²) in [6.07, 6.45) is 5.39. The number of ether oxygens (including phenoxy) is 1. The molecule has 4 heteroatoms. The zero-order chi connectivity index (χ0) is 14.4. The molecule has 0 aromatic rings. The summed E-state index contributed by atoms with van der Waals surface area (Å²) in [5, 5.41) is 12.3. The number of methoxy groups -OCH3 is 1. The molecule has 1 aliphatic carbocycles. The molecule has 0 aliphatic heterocycles. The van der Waals surface area contributed by atoms with Crippen LogP contribution in [-0.2, 0) is 9.53 Å². The van der Waals surface area contributed by atoms with Gasteiger partial charge in [-0.25, -0.2) is 0 Å². The zero-order valence-electron chi connectivity index (χ0n) is 12.4. The van der Waals surface area contributed by atoms with Gasteiger partial charge in [-0.2, -0.15) is 5.26 Å². The molecule has 0 bridgehead atoms. The molecule has 0 unspecified atom stereocenters. The molecule has 1 amide bonds. The van der Waals surface area contributed by atoms with Crippen molar-refractivity contribution in [1.29, 1.82) is 5.26 Å². The molecule has 1 saturated carbocycles. The van der Waals surface area contributed by atoms with E-state index in [-0.39, 0.29) is 11.3 Å². The molecule has 0 saturated heterocycles. The summed E-state index contributed by atoms with van der Waals surface area (Å²) in [7, 11) is 1.68. The third-order valence-electron chi connectivity index (χ3n) is 4.07. The summed E-state index contributed by atoms with van der Waals surface area (Å²) < 4.78 is 5.08. The van der Waals surface area contributed by atoms with Crippen molar-refractivity contribution < 1.29 is 9.53 Å². The largest absolute Gasteiger partial charge is 0.385 e. The predicted octanol–water partition coefficient (Wildman–Crippen LogP) is 2.64. The maximum atomic E-state index is 12.3. The van der Waals surface area contributed by atoms with Gasteiger partial charge in [-0.05, 0) is 24.7 Å². The molecule has 4 nitrogen and oxygen atoms in total. The lowest BCUT2D eigenvalue weighted by molar-refractivity contribution is -0.130. The molecule has 0 aromatic carbocycles. The van der Waals surface area contributed by atoms with E-state index in [2.05, 4.69) is 25.2 Å². The van der Waals surface area contributed by atoms with Crippen LogP contribution in [0.25, 0.3) is 0 Å². The van der Waals surface area contributed by atoms with Crippen molar-refractivity contribution in [2.45, 2.75) is 52.4 Å². The van der Waals surface area contributed by atoms with Crippen molar-refractivity contribution in [3.63, 3.8) is 0 Å². The van der Waals surface area contributed by atoms with Gasteiger partial charge in [0.2, 0.25) is 5.91 Å². The first-order chi connectivity index (χ1) is 8.96. The van der Waals surface area contributed by atoms with Gasteiger partial charge in [0.15, 0.2) is 0 Å². The minimum absolute atomic E-state index is 0.00299. The molecular formula is C15H26N2O2. The lowest BCUT2D eigenvalue weighted by atomic mass is 9.74. The van der Waals surface area contributed by atoms with Gasteiger partial charge >= 0.3 is 0 Å². The van der Waals surface area contributed by atoms with E-state index in [0.717, 1.165) is 25.7 Å². The second-order valence-corrected chi connectivity index (χ2v) is 6.34. The summed E-state index contributed by atoms with van der Waals surface area (Å²) in [5.41, 5.74) is -0.785. The summed E-state index contributed by atoms with van der Waals surface area (Å²) in [6.45, 7) is 5.49. The highest BCUT2D eigenvalue weighted by atomic mass is 16.5. The second-order valence-electron chi connectivity index (χ2n) is 6.34. The van der Waals surface area contributed by atoms with Crippen molar-refractivity contribution >= 4 is 5.91 Å². The number of hydrogen-bond donors (Lipinski definition) is 1. The van der Waals surface area contributed by atoms with Crippen LogP contribution in [0.3, 0.4) is 0 Å². The van der Waals surface area contributed by atoms with E-state index in [0.29, 0.717) is 26.0 Å². The summed E-state index contributed by atoms with van der Waals surface area (Å²) in [5.74, 6) is -0.0832. The summed E-state index contributed by atoms with van der Waals surface area (Å²) in [6, 6.07) is 2.26. The minimum atomic E-state index is -0.782. The van der Waals surface area contributed by atoms with Gasteiger partial charge in [-0.1, -0.05) is 33.1 Å². The minimum Gasteiger partial charge on any atom is -0.385 e. The van der Waals surface area contributed by atoms with Crippen LogP contribution in [-0.4, -0.2) is 26.2 Å². The highest BCUT2D eigenvalue weighted by Gasteiger charge is 2.40. The molecule has 1 N–H and O–H groups in total. The van der Waals surface area contributed by atoms with Crippen LogP contribution in [0.4, 0.5) is 0 Å². The summed E-state index contributed by atoms with van der Waals surface area (Å²) in [4.78, 5) is 12.3. The van der Waals surface area contributed by atoms with E-state index in [4.69, 9.17) is 4.74 Å². The van der Waals surface area contributed by atoms with Gasteiger partial charge in [0, 0.05) is 20.3 Å². The number of carbonyl (C=O) groups excluding carboxylic acids is 1. The van der Waals surface area contributed by atoms with Crippen LogP contribution < -0.4 is 5.32 Å². The lowest BCUT2D eigenvalue weighted by Gasteiger charge is -2.31. The third-order valence-corrected chi connectivity index (χ3v) is 4.07. The Morgan fingerprint density at radius 1 is 1.37 bits per heavy atom. The van der Waals surface area contributed by atoms with Crippen molar-refractivity contribution in [2.75, 3.05) is 20.3 Å². The molecule has 1 rings (SSSR count). The van der Waals surface area contributed by atoms with Gasteiger partial charge in [-0.15, -0.1) is 0 Å². The lowest BCUT2D eigenvalue weighted by Crippen LogP contribution is -2.44. The molecule has 19 heavy (non-hydrogen) atoms. The number of nitriles is 1. The maximum absolute atomic E-state index is 12.3. The van der Waals surface area contributed by atoms with Gasteiger partial charge in [0.05, 0.1) is 6.07 Å². The van der Waals surface area contributed by atoms with Crippen LogP contribution in [0.1, 0.15) is 52.4 Å². The van der Waals surface area contributed by atoms with Crippen molar-refractivity contribution in [3.8, 4) is 6.07 Å². The topological polar surface area (TPSA) is 62.1 Å². The van der Waals surface area contributed by atoms with E-state index in [1.165, 1.54) is 0 Å². The van der Waals surface area contributed by atoms with Crippen molar-refractivity contribution in [2.24, 2.45) is 10.8 Å². The second kappa shape index (κ2) is 6.91. The Kier molecular flexibility index (Phi) is 5.81. The number of nitrogens with zero attached hydrogens (tertiary/aromatic N) is 1. The molecule has 108 valence electrons. The number of rotatable bonds is 6. The first kappa shape index (κ1) is 16.0. The van der Waals surface area contributed by atoms with E-state index in [1.807, 2.05) is 0 Å². The predicted molar refractivity (Wildman–Crippen MR) is 74.4 cm³/mol. The Labute approximate surface area is 116 Å². The highest BCUT2D eigenvalue weighted by molar-refractivity contribution is 5.85. The van der Waals surface area contributed by atoms with Gasteiger partial charge < -0.3 is 10.1 Å². The zero-order valence-corrected chi connectivity index (χ0v) is 12.4. The van der Waals surface area contributed by atoms with E-state index < -0.39 is 5.41 Å². The standard InChI is InChI=1S/C15H26N2O2/c1-14(2,9-10-19-3)12-17-13(18)15(11-16)7-5-4-6-8-15/h4-10,12H2,1-3H3,(H,17,18). The van der Waals surface area contributed by atoms with Crippen LogP contribution in [0.5, 0.6) is 0 Å². The third kappa shape index (κ3) is 4.50. The fraction of sp³-hybridized carbons (Fsp3) is 0.867. The fourth-order valence-corrected chi connectivity index (χ4v) is 2.50. The Morgan fingerprint density at radius 3 is 2.53 bits per heavy atom. The molecule has 0 spiro atoms. The van der Waals surface area contributed by atoms with Crippen LogP contribution >= 0.6 is 0 Å². The number of amides is 1. The first-order valence-corrected chi connectivity index (χ1v) is 7.14. The Bertz CT molecular complexity index is 339. The quantitative estimate of drug-likeness (QED) is 0.804. The van der Waals surface area contributed by atoms with Gasteiger partial charge in [0.1, 0.15) is 5.41 Å². The summed E-state index contributed by atoms with van der Waals surface area (Å²) >= 11 is 0. The molecule has 0 aromatic heterocycles. The SMILES string of the molecule is COCCC(C)(C)CNC(=O)C1(C#N)CCCCC1. The van der Waals surface area contributed by atoms with Crippen LogP contribution in [0.15, 0.2) is 0 Å². The Balaban J connectivity index is 2.52. The molecule has 1 fully saturated rings. The normalized spacial score (nSPS) is 18.6. The van der Waals surface area contributed by atoms with E-state index in [9.17, 15) is 10.1 Å². The number of hydrogen-bond acceptors (Lipinski definition) is 3. The average molecular weight is 266 g/mol. The number of nitrogens with one attached hydrogen (secondary N) is 1. The Morgan fingerprint density at radius 2 is 2.00 bits per heavy atom. The molecular weight excluding hydrogens is 240 g/mol. The van der Waals surface area contributed by atoms with Crippen LogP contribution in [0.2, 0.25) is 0 Å². The molecule has 0 radical (unpaired) electrons. The highest BCUT2D eigenvalue weighted by Crippen LogP contribution is 2.36. The monoisotopic (exact) mass is 266 g/mol. The van der Waals surface area contributed by atoms with Crippen molar-refractivity contribution in [1.82, 2.24) is 5.32 Å². The molecule has 0 heterocycles. The number of carbonyl (C=O) groups is 1. The van der Waals surface area contributed by atoms with Gasteiger partial charge in [0.25, 0.3) is 0 Å². The van der Waals surface area contributed by atoms with Crippen molar-refractivity contribution in [3.05, 3.63) is 0 Å². The average Bonchev–Trinajstić information content (AvgIpc) is 2.43. The molecule has 1 aliphatic rings.